The van der Waals surface area contributed by atoms with Crippen LogP contribution in [0.2, 0.25) is 0 Å². The summed E-state index contributed by atoms with van der Waals surface area (Å²) in [5, 5.41) is 0. The maximum atomic E-state index is 5.92. The van der Waals surface area contributed by atoms with E-state index in [1.54, 1.807) is 13.2 Å². The van der Waals surface area contributed by atoms with Gasteiger partial charge in [-0.05, 0) is 32.6 Å². The van der Waals surface area contributed by atoms with Gasteiger partial charge >= 0.3 is 6.01 Å². The number of ether oxygens (including phenoxy) is 2. The summed E-state index contributed by atoms with van der Waals surface area (Å²) in [6.45, 7) is 1.89. The summed E-state index contributed by atoms with van der Waals surface area (Å²) >= 11 is 0. The summed E-state index contributed by atoms with van der Waals surface area (Å²) in [6, 6.07) is 2.40. The summed E-state index contributed by atoms with van der Waals surface area (Å²) < 4.78 is 10.9. The van der Waals surface area contributed by atoms with Crippen molar-refractivity contribution in [2.75, 3.05) is 7.11 Å². The van der Waals surface area contributed by atoms with Gasteiger partial charge in [0.1, 0.15) is 6.10 Å². The monoisotopic (exact) mass is 237 g/mol. The highest BCUT2D eigenvalue weighted by Gasteiger charge is 2.21. The topological polar surface area (TPSA) is 70.3 Å². The first kappa shape index (κ1) is 12.1. The first-order chi connectivity index (χ1) is 8.17. The van der Waals surface area contributed by atoms with Gasteiger partial charge in [-0.2, -0.15) is 4.98 Å². The van der Waals surface area contributed by atoms with Crippen LogP contribution in [0.4, 0.5) is 0 Å². The third kappa shape index (κ3) is 3.30. The van der Waals surface area contributed by atoms with Crippen LogP contribution in [0.25, 0.3) is 0 Å². The minimum absolute atomic E-state index is 0.130. The van der Waals surface area contributed by atoms with Crippen LogP contribution in [-0.4, -0.2) is 29.2 Å². The average Bonchev–Trinajstić information content (AvgIpc) is 2.28. The van der Waals surface area contributed by atoms with E-state index in [1.807, 2.05) is 6.92 Å². The number of hydrogen-bond acceptors (Lipinski definition) is 5. The molecule has 1 fully saturated rings. The molecule has 1 saturated carbocycles. The molecule has 0 bridgehead atoms. The van der Waals surface area contributed by atoms with Gasteiger partial charge in [-0.15, -0.1) is 0 Å². The van der Waals surface area contributed by atoms with Crippen molar-refractivity contribution in [3.63, 3.8) is 0 Å². The Hall–Kier alpha value is -1.36. The lowest BCUT2D eigenvalue weighted by Crippen LogP contribution is -2.34. The fourth-order valence-electron chi connectivity index (χ4n) is 2.11. The molecule has 2 rings (SSSR count). The molecule has 0 radical (unpaired) electrons. The van der Waals surface area contributed by atoms with Crippen molar-refractivity contribution in [3.8, 4) is 11.9 Å². The molecular formula is C12H19N3O2. The van der Waals surface area contributed by atoms with E-state index in [9.17, 15) is 0 Å². The predicted octanol–water partition coefficient (Wildman–Crippen LogP) is 1.44. The van der Waals surface area contributed by atoms with Crippen molar-refractivity contribution in [2.45, 2.75) is 44.8 Å². The third-order valence-electron chi connectivity index (χ3n) is 2.96. The predicted molar refractivity (Wildman–Crippen MR) is 64.2 cm³/mol. The second-order valence-corrected chi connectivity index (χ2v) is 4.50. The van der Waals surface area contributed by atoms with Gasteiger partial charge in [-0.1, -0.05) is 0 Å². The molecule has 5 heteroatoms. The molecule has 5 nitrogen and oxygen atoms in total. The zero-order chi connectivity index (χ0) is 12.3. The SMILES string of the molecule is COc1cc(C)nc(OC2CCCC(N)C2)n1. The lowest BCUT2D eigenvalue weighted by atomic mass is 9.94. The van der Waals surface area contributed by atoms with Crippen molar-refractivity contribution < 1.29 is 9.47 Å². The van der Waals surface area contributed by atoms with Crippen LogP contribution < -0.4 is 15.2 Å². The minimum atomic E-state index is 0.130. The highest BCUT2D eigenvalue weighted by Crippen LogP contribution is 2.22. The number of nitrogens with two attached hydrogens (primary N) is 1. The largest absolute Gasteiger partial charge is 0.481 e. The summed E-state index contributed by atoms with van der Waals surface area (Å²) in [5.74, 6) is 0.535. The minimum Gasteiger partial charge on any atom is -0.481 e. The van der Waals surface area contributed by atoms with E-state index in [0.717, 1.165) is 31.4 Å². The standard InChI is InChI=1S/C12H19N3O2/c1-8-6-11(16-2)15-12(14-8)17-10-5-3-4-9(13)7-10/h6,9-10H,3-5,7,13H2,1-2H3. The van der Waals surface area contributed by atoms with E-state index < -0.39 is 0 Å². The Labute approximate surface area is 101 Å². The van der Waals surface area contributed by atoms with E-state index in [1.165, 1.54) is 0 Å². The van der Waals surface area contributed by atoms with Crippen molar-refractivity contribution in [3.05, 3.63) is 11.8 Å². The fourth-order valence-corrected chi connectivity index (χ4v) is 2.11. The van der Waals surface area contributed by atoms with Crippen LogP contribution in [0, 0.1) is 6.92 Å². The first-order valence-electron chi connectivity index (χ1n) is 5.99. The van der Waals surface area contributed by atoms with Gasteiger partial charge in [0.2, 0.25) is 5.88 Å². The number of aryl methyl sites for hydroxylation is 1. The molecular weight excluding hydrogens is 218 g/mol. The molecule has 0 aliphatic heterocycles. The van der Waals surface area contributed by atoms with Crippen LogP contribution in [0.15, 0.2) is 6.07 Å². The zero-order valence-corrected chi connectivity index (χ0v) is 10.3. The van der Waals surface area contributed by atoms with Gasteiger partial charge in [0.15, 0.2) is 0 Å². The average molecular weight is 237 g/mol. The van der Waals surface area contributed by atoms with Crippen molar-refractivity contribution in [1.82, 2.24) is 9.97 Å². The zero-order valence-electron chi connectivity index (χ0n) is 10.3. The molecule has 2 atom stereocenters. The molecule has 1 aliphatic rings. The maximum absolute atomic E-state index is 5.92. The fraction of sp³-hybridized carbons (Fsp3) is 0.667. The van der Waals surface area contributed by atoms with Crippen LogP contribution in [0.1, 0.15) is 31.4 Å². The summed E-state index contributed by atoms with van der Waals surface area (Å²) in [5.41, 5.74) is 6.76. The van der Waals surface area contributed by atoms with Crippen LogP contribution >= 0.6 is 0 Å². The molecule has 17 heavy (non-hydrogen) atoms. The Morgan fingerprint density at radius 2 is 2.18 bits per heavy atom. The van der Waals surface area contributed by atoms with E-state index in [4.69, 9.17) is 15.2 Å². The molecule has 2 N–H and O–H groups in total. The third-order valence-corrected chi connectivity index (χ3v) is 2.96. The molecule has 0 spiro atoms. The Morgan fingerprint density at radius 1 is 1.35 bits per heavy atom. The van der Waals surface area contributed by atoms with Crippen molar-refractivity contribution >= 4 is 0 Å². The molecule has 1 aliphatic carbocycles. The van der Waals surface area contributed by atoms with Gasteiger partial charge < -0.3 is 15.2 Å². The van der Waals surface area contributed by atoms with Crippen LogP contribution in [0.3, 0.4) is 0 Å². The molecule has 1 heterocycles. The van der Waals surface area contributed by atoms with Crippen LogP contribution in [-0.2, 0) is 0 Å². The second-order valence-electron chi connectivity index (χ2n) is 4.50. The van der Waals surface area contributed by atoms with Gasteiger partial charge in [0.25, 0.3) is 0 Å². The number of aromatic nitrogens is 2. The van der Waals surface area contributed by atoms with Gasteiger partial charge in [0.05, 0.1) is 7.11 Å². The number of methoxy groups -OCH3 is 1. The molecule has 1 aromatic rings. The molecule has 2 unspecified atom stereocenters. The van der Waals surface area contributed by atoms with E-state index >= 15 is 0 Å². The van der Waals surface area contributed by atoms with E-state index in [2.05, 4.69) is 9.97 Å². The molecule has 0 saturated heterocycles. The first-order valence-corrected chi connectivity index (χ1v) is 5.99. The van der Waals surface area contributed by atoms with Crippen molar-refractivity contribution in [2.24, 2.45) is 5.73 Å². The van der Waals surface area contributed by atoms with E-state index in [-0.39, 0.29) is 12.1 Å². The highest BCUT2D eigenvalue weighted by molar-refractivity contribution is 5.17. The summed E-state index contributed by atoms with van der Waals surface area (Å²) in [7, 11) is 1.59. The van der Waals surface area contributed by atoms with Gasteiger partial charge in [-0.3, -0.25) is 0 Å². The quantitative estimate of drug-likeness (QED) is 0.861. The molecule has 94 valence electrons. The lowest BCUT2D eigenvalue weighted by molar-refractivity contribution is 0.131. The van der Waals surface area contributed by atoms with Crippen LogP contribution in [0.5, 0.6) is 11.9 Å². The molecule has 1 aromatic heterocycles. The van der Waals surface area contributed by atoms with Gasteiger partial charge in [0, 0.05) is 17.8 Å². The Balaban J connectivity index is 2.04. The van der Waals surface area contributed by atoms with Gasteiger partial charge in [-0.25, -0.2) is 4.98 Å². The molecule has 0 amide bonds. The maximum Gasteiger partial charge on any atom is 0.320 e. The Bertz CT molecular complexity index is 384. The lowest BCUT2D eigenvalue weighted by Gasteiger charge is -2.26. The number of rotatable bonds is 3. The van der Waals surface area contributed by atoms with E-state index in [0.29, 0.717) is 11.9 Å². The Kier molecular flexibility index (Phi) is 3.78. The second kappa shape index (κ2) is 5.31. The number of nitrogens with zero attached hydrogens (tertiary/aromatic N) is 2. The normalized spacial score (nSPS) is 24.4. The Morgan fingerprint density at radius 3 is 2.88 bits per heavy atom. The number of hydrogen-bond donors (Lipinski definition) is 1. The summed E-state index contributed by atoms with van der Waals surface area (Å²) in [4.78, 5) is 8.42. The van der Waals surface area contributed by atoms with Crippen molar-refractivity contribution in [1.29, 1.82) is 0 Å². The smallest absolute Gasteiger partial charge is 0.320 e. The summed E-state index contributed by atoms with van der Waals surface area (Å²) in [6.07, 6.45) is 4.21. The highest BCUT2D eigenvalue weighted by atomic mass is 16.5. The molecule has 0 aromatic carbocycles.